The van der Waals surface area contributed by atoms with Crippen LogP contribution in [0, 0.1) is 0 Å². The van der Waals surface area contributed by atoms with Crippen molar-refractivity contribution in [2.75, 3.05) is 27.4 Å². The Kier molecular flexibility index (Phi) is 14.0. The van der Waals surface area contributed by atoms with Gasteiger partial charge in [-0.15, -0.1) is 0 Å². The Balaban J connectivity index is 2.17. The van der Waals surface area contributed by atoms with Crippen LogP contribution in [0.25, 0.3) is 0 Å². The van der Waals surface area contributed by atoms with Crippen LogP contribution in [0.3, 0.4) is 0 Å². The number of hydrogen-bond donors (Lipinski definition) is 1. The first-order valence-electron chi connectivity index (χ1n) is 17.9. The Morgan fingerprint density at radius 2 is 1.44 bits per heavy atom. The molecule has 1 saturated carbocycles. The lowest BCUT2D eigenvalue weighted by molar-refractivity contribution is -0.166. The Morgan fingerprint density at radius 3 is 1.94 bits per heavy atom. The first kappa shape index (κ1) is 43.6. The van der Waals surface area contributed by atoms with Crippen molar-refractivity contribution in [2.45, 2.75) is 158 Å². The minimum Gasteiger partial charge on any atom is -0.467 e. The summed E-state index contributed by atoms with van der Waals surface area (Å²) in [6, 6.07) is -1.63. The van der Waals surface area contributed by atoms with Gasteiger partial charge in [0.05, 0.1) is 44.3 Å². The minimum atomic E-state index is -2.17. The number of aliphatic hydroxyl groups excluding tert-OH is 1. The Morgan fingerprint density at radius 1 is 0.885 bits per heavy atom. The topological polar surface area (TPSA) is 180 Å². The van der Waals surface area contributed by atoms with Crippen LogP contribution in [-0.4, -0.2) is 132 Å². The van der Waals surface area contributed by atoms with E-state index in [0.29, 0.717) is 18.9 Å². The van der Waals surface area contributed by atoms with Gasteiger partial charge in [0.15, 0.2) is 5.54 Å². The largest absolute Gasteiger partial charge is 0.467 e. The number of halogens is 1. The molecular formula is C35H58BrN3O12Si. The van der Waals surface area contributed by atoms with E-state index in [-0.39, 0.29) is 26.1 Å². The lowest BCUT2D eigenvalue weighted by atomic mass is 9.83. The normalized spacial score (nSPS) is 25.0. The van der Waals surface area contributed by atoms with Gasteiger partial charge in [-0.3, -0.25) is 9.80 Å². The molecule has 3 rings (SSSR count). The molecule has 1 unspecified atom stereocenters. The number of likely N-dealkylation sites (tertiary alicyclic amines) is 1. The van der Waals surface area contributed by atoms with Gasteiger partial charge in [-0.1, -0.05) is 42.0 Å². The first-order chi connectivity index (χ1) is 23.9. The van der Waals surface area contributed by atoms with E-state index in [0.717, 1.165) is 38.4 Å². The van der Waals surface area contributed by atoms with Crippen LogP contribution >= 0.6 is 15.9 Å². The van der Waals surface area contributed by atoms with Crippen LogP contribution in [0.1, 0.15) is 86.5 Å². The number of aliphatic hydroxyl groups is 1. The molecule has 17 heteroatoms. The van der Waals surface area contributed by atoms with Crippen LogP contribution in [0.5, 0.6) is 0 Å². The summed E-state index contributed by atoms with van der Waals surface area (Å²) in [5.41, 5.74) is -5.65. The number of methoxy groups -OCH3 is 2. The first-order valence-corrected chi connectivity index (χ1v) is 22.5. The van der Waals surface area contributed by atoms with Crippen LogP contribution < -0.4 is 0 Å². The predicted octanol–water partition coefficient (Wildman–Crippen LogP) is 5.81. The fourth-order valence-electron chi connectivity index (χ4n) is 7.01. The maximum absolute atomic E-state index is 14.3. The highest BCUT2D eigenvalue weighted by atomic mass is 79.9. The van der Waals surface area contributed by atoms with Gasteiger partial charge in [0.1, 0.15) is 28.7 Å². The number of carbonyl (C=O) groups excluding carboxylic acids is 5. The molecule has 0 aromatic heterocycles. The van der Waals surface area contributed by atoms with Gasteiger partial charge in [0.25, 0.3) is 0 Å². The number of aliphatic imine (C=N–C) groups is 1. The summed E-state index contributed by atoms with van der Waals surface area (Å²) in [6.07, 6.45) is -1.35. The van der Waals surface area contributed by atoms with E-state index in [9.17, 15) is 29.1 Å². The van der Waals surface area contributed by atoms with Crippen molar-refractivity contribution in [3.05, 3.63) is 0 Å². The number of amides is 3. The monoisotopic (exact) mass is 819 g/mol. The molecular weight excluding hydrogens is 762 g/mol. The highest BCUT2D eigenvalue weighted by Crippen LogP contribution is 2.48. The summed E-state index contributed by atoms with van der Waals surface area (Å²) in [7, 11) is 0.679. The van der Waals surface area contributed by atoms with Gasteiger partial charge in [0.2, 0.25) is 0 Å². The number of rotatable bonds is 9. The second kappa shape index (κ2) is 16.7. The van der Waals surface area contributed by atoms with Gasteiger partial charge in [-0.2, -0.15) is 4.99 Å². The molecule has 15 nitrogen and oxygen atoms in total. The molecule has 3 amide bonds. The van der Waals surface area contributed by atoms with E-state index in [1.54, 1.807) is 41.5 Å². The molecule has 0 radical (unpaired) electrons. The van der Waals surface area contributed by atoms with Crippen molar-refractivity contribution in [3.63, 3.8) is 0 Å². The van der Waals surface area contributed by atoms with Crippen molar-refractivity contribution in [2.24, 2.45) is 4.99 Å². The molecule has 0 aromatic carbocycles. The average molecular weight is 821 g/mol. The van der Waals surface area contributed by atoms with Crippen LogP contribution in [0.2, 0.25) is 25.7 Å². The van der Waals surface area contributed by atoms with E-state index in [1.165, 1.54) is 4.90 Å². The lowest BCUT2D eigenvalue weighted by Crippen LogP contribution is -2.70. The van der Waals surface area contributed by atoms with E-state index in [1.807, 2.05) is 0 Å². The van der Waals surface area contributed by atoms with Crippen molar-refractivity contribution in [1.29, 1.82) is 0 Å². The molecule has 0 aromatic rings. The number of carbonyl (C=O) groups is 5. The second-order valence-electron chi connectivity index (χ2n) is 16.9. The van der Waals surface area contributed by atoms with Crippen LogP contribution in [-0.2, 0) is 38.0 Å². The standard InChI is InChI=1S/C35H58BrN3O12Si/c1-32(2,3)50-30(44)38-23(21-49-34(38)16-13-12-14-17-34)26(40)35(28(42)47-8)18-15-22(39(35)31(45)51-33(4,5)6)24(36)25(27(41)46-7)37-29(43)48-19-20-52(9,10)11/h22-24,26,40H,12-21H2,1-11H3/b37-25-/t22-,23+,24?,26+,35-/m1/s1. The smallest absolute Gasteiger partial charge is 0.434 e. The van der Waals surface area contributed by atoms with Gasteiger partial charge < -0.3 is 33.5 Å². The molecule has 2 heterocycles. The van der Waals surface area contributed by atoms with Crippen molar-refractivity contribution >= 4 is 59.9 Å². The highest BCUT2D eigenvalue weighted by molar-refractivity contribution is 9.10. The average Bonchev–Trinajstić information content (AvgIpc) is 3.60. The number of esters is 2. The van der Waals surface area contributed by atoms with E-state index in [4.69, 9.17) is 28.4 Å². The van der Waals surface area contributed by atoms with Gasteiger partial charge in [0, 0.05) is 8.07 Å². The summed E-state index contributed by atoms with van der Waals surface area (Å²) >= 11 is 3.49. The van der Waals surface area contributed by atoms with Gasteiger partial charge >= 0.3 is 30.2 Å². The third kappa shape index (κ3) is 10.1. The lowest BCUT2D eigenvalue weighted by Gasteiger charge is -2.47. The molecule has 3 aliphatic rings. The van der Waals surface area contributed by atoms with E-state index < -0.39 is 89.5 Å². The van der Waals surface area contributed by atoms with Crippen molar-refractivity contribution in [1.82, 2.24) is 9.80 Å². The zero-order valence-electron chi connectivity index (χ0n) is 32.5. The zero-order chi connectivity index (χ0) is 39.4. The summed E-state index contributed by atoms with van der Waals surface area (Å²) < 4.78 is 33.6. The van der Waals surface area contributed by atoms with Gasteiger partial charge in [-0.25, -0.2) is 24.0 Å². The summed E-state index contributed by atoms with van der Waals surface area (Å²) in [5.74, 6) is -1.96. The molecule has 2 saturated heterocycles. The zero-order valence-corrected chi connectivity index (χ0v) is 35.1. The molecule has 296 valence electrons. The quantitative estimate of drug-likeness (QED) is 0.0972. The molecule has 3 fully saturated rings. The molecule has 52 heavy (non-hydrogen) atoms. The molecule has 5 atom stereocenters. The van der Waals surface area contributed by atoms with Crippen molar-refractivity contribution < 1.29 is 57.5 Å². The molecule has 1 aliphatic carbocycles. The van der Waals surface area contributed by atoms with E-state index >= 15 is 0 Å². The fraction of sp³-hybridized carbons (Fsp3) is 0.829. The summed E-state index contributed by atoms with van der Waals surface area (Å²) in [6.45, 7) is 16.4. The third-order valence-corrected chi connectivity index (χ3v) is 12.1. The second-order valence-corrected chi connectivity index (χ2v) is 23.5. The SMILES string of the molecule is COC(=O)/C(=N\C(=O)OCC[Si](C)(C)C)C(Br)[C@H]1CC[C@](C(=O)OC)([C@@H](O)[C@@H]2COC3(CCCCC3)N2C(=O)OC(C)(C)C)N1C(=O)OC(C)(C)C. The maximum atomic E-state index is 14.3. The summed E-state index contributed by atoms with van der Waals surface area (Å²) in [4.78, 5) is 73.7. The number of nitrogens with zero attached hydrogens (tertiary/aromatic N) is 3. The Bertz CT molecular complexity index is 1370. The molecule has 2 aliphatic heterocycles. The van der Waals surface area contributed by atoms with Crippen LogP contribution in [0.4, 0.5) is 14.4 Å². The summed E-state index contributed by atoms with van der Waals surface area (Å²) in [5, 5.41) is 12.6. The van der Waals surface area contributed by atoms with Crippen molar-refractivity contribution in [3.8, 4) is 0 Å². The number of hydrogen-bond acceptors (Lipinski definition) is 12. The van der Waals surface area contributed by atoms with Crippen LogP contribution in [0.15, 0.2) is 4.99 Å². The predicted molar refractivity (Wildman–Crippen MR) is 197 cm³/mol. The third-order valence-electron chi connectivity index (χ3n) is 9.37. The molecule has 0 bridgehead atoms. The van der Waals surface area contributed by atoms with Gasteiger partial charge in [-0.05, 0) is 86.1 Å². The Labute approximate surface area is 316 Å². The highest BCUT2D eigenvalue weighted by Gasteiger charge is 2.67. The molecule has 1 N–H and O–H groups in total. The minimum absolute atomic E-state index is 0.00678. The molecule has 1 spiro atoms. The Hall–Kier alpha value is -2.76. The fourth-order valence-corrected chi connectivity index (χ4v) is 8.51. The van der Waals surface area contributed by atoms with E-state index in [2.05, 4.69) is 40.6 Å². The number of alkyl halides is 1. The maximum Gasteiger partial charge on any atom is 0.434 e. The number of ether oxygens (including phenoxy) is 6.